The highest BCUT2D eigenvalue weighted by atomic mass is 19.4. The van der Waals surface area contributed by atoms with Crippen molar-refractivity contribution < 1.29 is 13.2 Å². The van der Waals surface area contributed by atoms with Crippen LogP contribution < -0.4 is 10.6 Å². The van der Waals surface area contributed by atoms with Gasteiger partial charge in [-0.3, -0.25) is 0 Å². The van der Waals surface area contributed by atoms with Gasteiger partial charge in [0.25, 0.3) is 0 Å². The first-order valence-electron chi connectivity index (χ1n) is 7.04. The van der Waals surface area contributed by atoms with Crippen molar-refractivity contribution in [2.75, 3.05) is 23.7 Å². The number of halogens is 3. The van der Waals surface area contributed by atoms with Crippen LogP contribution in [0.5, 0.6) is 0 Å². The zero-order chi connectivity index (χ0) is 15.8. The van der Waals surface area contributed by atoms with E-state index in [2.05, 4.69) is 30.7 Å². The minimum Gasteiger partial charge on any atom is -0.368 e. The van der Waals surface area contributed by atoms with Crippen LogP contribution >= 0.6 is 0 Å². The molecule has 4 nitrogen and oxygen atoms in total. The number of anilines is 2. The Morgan fingerprint density at radius 1 is 1.14 bits per heavy atom. The average Bonchev–Trinajstić information content (AvgIpc) is 2.36. The highest BCUT2D eigenvalue weighted by Crippen LogP contribution is 2.36. The van der Waals surface area contributed by atoms with E-state index < -0.39 is 11.9 Å². The molecule has 0 spiro atoms. The minimum absolute atomic E-state index is 0.216. The van der Waals surface area contributed by atoms with Gasteiger partial charge in [0.1, 0.15) is 5.82 Å². The maximum absolute atomic E-state index is 12.8. The van der Waals surface area contributed by atoms with Gasteiger partial charge in [-0.15, -0.1) is 0 Å². The molecule has 1 aliphatic heterocycles. The van der Waals surface area contributed by atoms with Crippen LogP contribution in [0.15, 0.2) is 6.07 Å². The lowest BCUT2D eigenvalue weighted by Gasteiger charge is -2.39. The number of nitrogen functional groups attached to an aromatic ring is 1. The summed E-state index contributed by atoms with van der Waals surface area (Å²) < 4.78 is 38.3. The summed E-state index contributed by atoms with van der Waals surface area (Å²) >= 11 is 0. The number of nitrogens with zero attached hydrogens (tertiary/aromatic N) is 3. The normalized spacial score (nSPS) is 18.1. The number of aromatic nitrogens is 2. The van der Waals surface area contributed by atoms with Gasteiger partial charge in [0, 0.05) is 19.2 Å². The molecule has 1 aromatic rings. The van der Waals surface area contributed by atoms with Crippen molar-refractivity contribution in [3.05, 3.63) is 11.8 Å². The van der Waals surface area contributed by atoms with E-state index in [0.717, 1.165) is 18.9 Å². The smallest absolute Gasteiger partial charge is 0.368 e. The van der Waals surface area contributed by atoms with Crippen molar-refractivity contribution in [1.29, 1.82) is 0 Å². The Bertz CT molecular complexity index is 500. The molecule has 1 aromatic heterocycles. The van der Waals surface area contributed by atoms with Crippen molar-refractivity contribution in [2.24, 2.45) is 11.3 Å². The Labute approximate surface area is 122 Å². The molecular weight excluding hydrogens is 281 g/mol. The van der Waals surface area contributed by atoms with Gasteiger partial charge in [-0.2, -0.15) is 18.2 Å². The van der Waals surface area contributed by atoms with Gasteiger partial charge in [0.2, 0.25) is 5.95 Å². The first-order valence-corrected chi connectivity index (χ1v) is 7.04. The van der Waals surface area contributed by atoms with Gasteiger partial charge < -0.3 is 10.6 Å². The lowest BCUT2D eigenvalue weighted by atomic mass is 9.75. The highest BCUT2D eigenvalue weighted by molar-refractivity contribution is 5.44. The van der Waals surface area contributed by atoms with Gasteiger partial charge in [-0.05, 0) is 24.2 Å². The standard InChI is InChI=1S/C14H21F3N4/c1-13(2,3)9-4-6-21(7-5-9)11-8-10(14(15,16)17)19-12(18)20-11/h8-9H,4-7H2,1-3H3,(H2,18,19,20). The third-order valence-corrected chi connectivity index (χ3v) is 4.06. The molecule has 1 saturated heterocycles. The largest absolute Gasteiger partial charge is 0.433 e. The fraction of sp³-hybridized carbons (Fsp3) is 0.714. The molecule has 0 aromatic carbocycles. The second-order valence-corrected chi connectivity index (χ2v) is 6.59. The van der Waals surface area contributed by atoms with E-state index in [-0.39, 0.29) is 17.2 Å². The fourth-order valence-corrected chi connectivity index (χ4v) is 2.73. The minimum atomic E-state index is -4.50. The Morgan fingerprint density at radius 3 is 2.19 bits per heavy atom. The second kappa shape index (κ2) is 5.35. The van der Waals surface area contributed by atoms with E-state index in [9.17, 15) is 13.2 Å². The van der Waals surface area contributed by atoms with Crippen LogP contribution in [0.25, 0.3) is 0 Å². The van der Waals surface area contributed by atoms with Crippen molar-refractivity contribution >= 4 is 11.8 Å². The number of piperidine rings is 1. The van der Waals surface area contributed by atoms with Crippen LogP contribution in [-0.2, 0) is 6.18 Å². The number of nitrogens with two attached hydrogens (primary N) is 1. The third kappa shape index (κ3) is 3.77. The average molecular weight is 302 g/mol. The van der Waals surface area contributed by atoms with Gasteiger partial charge in [-0.25, -0.2) is 4.98 Å². The molecule has 2 heterocycles. The summed E-state index contributed by atoms with van der Waals surface area (Å²) in [7, 11) is 0. The summed E-state index contributed by atoms with van der Waals surface area (Å²) in [5, 5.41) is 0. The molecule has 0 aliphatic carbocycles. The Balaban J connectivity index is 2.16. The molecule has 0 radical (unpaired) electrons. The summed E-state index contributed by atoms with van der Waals surface area (Å²) in [5.74, 6) is 0.495. The maximum Gasteiger partial charge on any atom is 0.433 e. The van der Waals surface area contributed by atoms with Gasteiger partial charge in [-0.1, -0.05) is 20.8 Å². The lowest BCUT2D eigenvalue weighted by Crippen LogP contribution is -2.38. The fourth-order valence-electron chi connectivity index (χ4n) is 2.73. The van der Waals surface area contributed by atoms with E-state index in [0.29, 0.717) is 19.0 Å². The molecule has 0 unspecified atom stereocenters. The quantitative estimate of drug-likeness (QED) is 0.864. The van der Waals surface area contributed by atoms with E-state index in [1.165, 1.54) is 0 Å². The predicted octanol–water partition coefficient (Wildman–Crippen LogP) is 3.34. The lowest BCUT2D eigenvalue weighted by molar-refractivity contribution is -0.141. The second-order valence-electron chi connectivity index (χ2n) is 6.59. The first-order chi connectivity index (χ1) is 9.57. The number of rotatable bonds is 1. The summed E-state index contributed by atoms with van der Waals surface area (Å²) in [6.07, 6.45) is -2.63. The molecule has 2 N–H and O–H groups in total. The summed E-state index contributed by atoms with van der Waals surface area (Å²) in [6, 6.07) is 0.980. The van der Waals surface area contributed by atoms with E-state index in [1.54, 1.807) is 0 Å². The van der Waals surface area contributed by atoms with E-state index in [4.69, 9.17) is 5.73 Å². The van der Waals surface area contributed by atoms with Crippen molar-refractivity contribution in [2.45, 2.75) is 39.8 Å². The van der Waals surface area contributed by atoms with Crippen LogP contribution in [0.1, 0.15) is 39.3 Å². The van der Waals surface area contributed by atoms with Gasteiger partial charge in [0.15, 0.2) is 5.69 Å². The summed E-state index contributed by atoms with van der Waals surface area (Å²) in [5.41, 5.74) is 4.64. The zero-order valence-corrected chi connectivity index (χ0v) is 12.5. The summed E-state index contributed by atoms with van der Waals surface area (Å²) in [6.45, 7) is 7.96. The molecule has 0 atom stereocenters. The maximum atomic E-state index is 12.8. The first kappa shape index (κ1) is 15.9. The van der Waals surface area contributed by atoms with Gasteiger partial charge >= 0.3 is 6.18 Å². The molecule has 118 valence electrons. The predicted molar refractivity (Wildman–Crippen MR) is 75.8 cm³/mol. The Kier molecular flexibility index (Phi) is 4.04. The molecule has 1 aliphatic rings. The van der Waals surface area contributed by atoms with Crippen molar-refractivity contribution in [3.8, 4) is 0 Å². The van der Waals surface area contributed by atoms with E-state index >= 15 is 0 Å². The molecule has 21 heavy (non-hydrogen) atoms. The number of hydrogen-bond acceptors (Lipinski definition) is 4. The highest BCUT2D eigenvalue weighted by Gasteiger charge is 2.35. The van der Waals surface area contributed by atoms with E-state index in [1.807, 2.05) is 4.90 Å². The molecule has 0 amide bonds. The third-order valence-electron chi connectivity index (χ3n) is 4.06. The Hall–Kier alpha value is -1.53. The SMILES string of the molecule is CC(C)(C)C1CCN(c2cc(C(F)(F)F)nc(N)n2)CC1. The number of alkyl halides is 3. The molecule has 1 fully saturated rings. The zero-order valence-electron chi connectivity index (χ0n) is 12.5. The summed E-state index contributed by atoms with van der Waals surface area (Å²) in [4.78, 5) is 9.08. The van der Waals surface area contributed by atoms with Crippen LogP contribution in [0, 0.1) is 11.3 Å². The topological polar surface area (TPSA) is 55.0 Å². The number of hydrogen-bond donors (Lipinski definition) is 1. The monoisotopic (exact) mass is 302 g/mol. The van der Waals surface area contributed by atoms with Crippen LogP contribution in [0.4, 0.5) is 24.9 Å². The van der Waals surface area contributed by atoms with Crippen molar-refractivity contribution in [1.82, 2.24) is 9.97 Å². The van der Waals surface area contributed by atoms with Crippen LogP contribution in [0.3, 0.4) is 0 Å². The molecule has 0 bridgehead atoms. The van der Waals surface area contributed by atoms with Crippen molar-refractivity contribution in [3.63, 3.8) is 0 Å². The van der Waals surface area contributed by atoms with Crippen LogP contribution in [-0.4, -0.2) is 23.1 Å². The molecule has 2 rings (SSSR count). The Morgan fingerprint density at radius 2 is 1.71 bits per heavy atom. The molecular formula is C14H21F3N4. The van der Waals surface area contributed by atoms with Crippen LogP contribution in [0.2, 0.25) is 0 Å². The molecule has 0 saturated carbocycles. The van der Waals surface area contributed by atoms with Gasteiger partial charge in [0.05, 0.1) is 0 Å². The molecule has 7 heteroatoms.